The second-order valence-electron chi connectivity index (χ2n) is 7.13. The number of methoxy groups -OCH3 is 1. The molecule has 0 atom stereocenters. The monoisotopic (exact) mass is 455 g/mol. The molecule has 4 aromatic rings. The van der Waals surface area contributed by atoms with Crippen LogP contribution >= 0.6 is 11.6 Å². The average Bonchev–Trinajstić information content (AvgIpc) is 3.27. The molecule has 4 rings (SSSR count). The number of aromatic amines is 1. The molecule has 2 N–H and O–H groups in total. The number of benzene rings is 2. The van der Waals surface area contributed by atoms with E-state index in [4.69, 9.17) is 21.1 Å². The summed E-state index contributed by atoms with van der Waals surface area (Å²) in [7, 11) is 1.60. The number of anilines is 1. The number of hydrogen-bond donors (Lipinski definition) is 2. The molecule has 0 aliphatic heterocycles. The van der Waals surface area contributed by atoms with E-state index in [2.05, 4.69) is 25.3 Å². The summed E-state index contributed by atoms with van der Waals surface area (Å²) in [6.45, 7) is 4.67. The lowest BCUT2D eigenvalue weighted by atomic mass is 9.95. The second-order valence-corrected chi connectivity index (χ2v) is 7.54. The Labute approximate surface area is 190 Å². The maximum absolute atomic E-state index is 14.6. The summed E-state index contributed by atoms with van der Waals surface area (Å²) < 4.78 is 25.6. The van der Waals surface area contributed by atoms with Crippen molar-refractivity contribution in [3.63, 3.8) is 0 Å². The van der Waals surface area contributed by atoms with Gasteiger partial charge in [-0.25, -0.2) is 19.3 Å². The molecule has 0 aliphatic rings. The Kier molecular flexibility index (Phi) is 6.41. The zero-order valence-electron chi connectivity index (χ0n) is 18.0. The summed E-state index contributed by atoms with van der Waals surface area (Å²) in [6, 6.07) is 6.77. The highest BCUT2D eigenvalue weighted by Crippen LogP contribution is 2.41. The van der Waals surface area contributed by atoms with Crippen molar-refractivity contribution in [3.8, 4) is 22.6 Å². The molecule has 0 radical (unpaired) electrons. The van der Waals surface area contributed by atoms with Gasteiger partial charge in [0.05, 0.1) is 20.0 Å². The molecule has 0 bridgehead atoms. The summed E-state index contributed by atoms with van der Waals surface area (Å²) in [4.78, 5) is 15.6. The molecular formula is C23H23ClFN5O2. The fourth-order valence-electron chi connectivity index (χ4n) is 3.69. The van der Waals surface area contributed by atoms with E-state index in [-0.39, 0.29) is 5.75 Å². The molecule has 0 aliphatic carbocycles. The van der Waals surface area contributed by atoms with Crippen LogP contribution < -0.4 is 14.8 Å². The first-order chi connectivity index (χ1) is 15.5. The van der Waals surface area contributed by atoms with Gasteiger partial charge in [0.25, 0.3) is 0 Å². The summed E-state index contributed by atoms with van der Waals surface area (Å²) in [6.07, 6.45) is 3.65. The highest BCUT2D eigenvalue weighted by Gasteiger charge is 2.19. The molecule has 2 aromatic heterocycles. The lowest BCUT2D eigenvalue weighted by Gasteiger charge is -2.19. The standard InChI is InChI=1S/C23H23ClFN5O2/c1-4-32-18-6-5-14(10-17(18)25)19-13(2)16(24)9-15(21(19)31-3)7-8-26-22-20-23(28-11-27-20)30-12-29-22/h5-6,9-12H,4,7-8H2,1-3H3,(H2,26,27,28,29,30). The van der Waals surface area contributed by atoms with Gasteiger partial charge in [0.1, 0.15) is 17.6 Å². The molecule has 166 valence electrons. The third kappa shape index (κ3) is 4.18. The number of hydrogen-bond acceptors (Lipinski definition) is 6. The zero-order chi connectivity index (χ0) is 22.7. The highest BCUT2D eigenvalue weighted by molar-refractivity contribution is 6.32. The highest BCUT2D eigenvalue weighted by atomic mass is 35.5. The third-order valence-corrected chi connectivity index (χ3v) is 5.58. The predicted molar refractivity (Wildman–Crippen MR) is 123 cm³/mol. The Morgan fingerprint density at radius 1 is 1.19 bits per heavy atom. The number of aromatic nitrogens is 4. The van der Waals surface area contributed by atoms with E-state index in [1.165, 1.54) is 12.4 Å². The molecule has 9 heteroatoms. The van der Waals surface area contributed by atoms with Crippen molar-refractivity contribution in [2.24, 2.45) is 0 Å². The number of H-pyrrole nitrogens is 1. The van der Waals surface area contributed by atoms with Gasteiger partial charge in [-0.2, -0.15) is 0 Å². The van der Waals surface area contributed by atoms with Gasteiger partial charge in [-0.3, -0.25) is 0 Å². The van der Waals surface area contributed by atoms with E-state index < -0.39 is 5.82 Å². The first kappa shape index (κ1) is 21.8. The number of fused-ring (bicyclic) bond motifs is 1. The van der Waals surface area contributed by atoms with Gasteiger partial charge in [-0.1, -0.05) is 17.7 Å². The van der Waals surface area contributed by atoms with Crippen LogP contribution in [-0.4, -0.2) is 40.2 Å². The fraction of sp³-hybridized carbons (Fsp3) is 0.261. The van der Waals surface area contributed by atoms with Crippen LogP contribution in [0.15, 0.2) is 36.9 Å². The Morgan fingerprint density at radius 3 is 2.78 bits per heavy atom. The molecule has 0 amide bonds. The topological polar surface area (TPSA) is 85.0 Å². The van der Waals surface area contributed by atoms with Crippen LogP contribution in [0.3, 0.4) is 0 Å². The van der Waals surface area contributed by atoms with Crippen molar-refractivity contribution in [1.29, 1.82) is 0 Å². The summed E-state index contributed by atoms with van der Waals surface area (Å²) in [5.74, 6) is 1.11. The number of imidazole rings is 1. The van der Waals surface area contributed by atoms with Gasteiger partial charge in [-0.15, -0.1) is 0 Å². The van der Waals surface area contributed by atoms with Crippen LogP contribution in [0.1, 0.15) is 18.1 Å². The van der Waals surface area contributed by atoms with E-state index >= 15 is 0 Å². The molecule has 32 heavy (non-hydrogen) atoms. The fourth-order valence-corrected chi connectivity index (χ4v) is 3.91. The second kappa shape index (κ2) is 9.40. The van der Waals surface area contributed by atoms with Crippen LogP contribution in [0, 0.1) is 12.7 Å². The number of nitrogens with one attached hydrogen (secondary N) is 2. The van der Waals surface area contributed by atoms with Crippen LogP contribution in [0.25, 0.3) is 22.3 Å². The summed E-state index contributed by atoms with van der Waals surface area (Å²) in [5.41, 5.74) is 4.49. The quantitative estimate of drug-likeness (QED) is 0.380. The normalized spacial score (nSPS) is 11.0. The van der Waals surface area contributed by atoms with Gasteiger partial charge in [0, 0.05) is 17.1 Å². The Bertz CT molecular complexity index is 1260. The Morgan fingerprint density at radius 2 is 2.03 bits per heavy atom. The minimum Gasteiger partial charge on any atom is -0.496 e. The van der Waals surface area contributed by atoms with Crippen molar-refractivity contribution in [2.75, 3.05) is 25.6 Å². The maximum atomic E-state index is 14.6. The molecule has 2 heterocycles. The first-order valence-corrected chi connectivity index (χ1v) is 10.6. The number of rotatable bonds is 8. The minimum atomic E-state index is -0.429. The number of nitrogens with zero attached hydrogens (tertiary/aromatic N) is 3. The molecule has 0 saturated carbocycles. The lowest BCUT2D eigenvalue weighted by Crippen LogP contribution is -2.09. The number of halogens is 2. The summed E-state index contributed by atoms with van der Waals surface area (Å²) in [5, 5.41) is 3.89. The van der Waals surface area contributed by atoms with Crippen molar-refractivity contribution < 1.29 is 13.9 Å². The van der Waals surface area contributed by atoms with Gasteiger partial charge in [0.2, 0.25) is 0 Å². The maximum Gasteiger partial charge on any atom is 0.182 e. The zero-order valence-corrected chi connectivity index (χ0v) is 18.8. The van der Waals surface area contributed by atoms with Crippen LogP contribution in [0.4, 0.5) is 10.2 Å². The Balaban J connectivity index is 1.64. The van der Waals surface area contributed by atoms with E-state index in [1.807, 2.05) is 26.0 Å². The molecule has 0 fully saturated rings. The smallest absolute Gasteiger partial charge is 0.182 e. The van der Waals surface area contributed by atoms with Crippen molar-refractivity contribution in [3.05, 3.63) is 58.9 Å². The van der Waals surface area contributed by atoms with Gasteiger partial charge in [-0.05, 0) is 55.2 Å². The van der Waals surface area contributed by atoms with Gasteiger partial charge in [0.15, 0.2) is 23.0 Å². The minimum absolute atomic E-state index is 0.217. The SMILES string of the molecule is CCOc1ccc(-c2c(C)c(Cl)cc(CCNc3ncnc4nc[nH]c34)c2OC)cc1F. The molecule has 0 unspecified atom stereocenters. The molecule has 7 nitrogen and oxygen atoms in total. The average molecular weight is 456 g/mol. The third-order valence-electron chi connectivity index (χ3n) is 5.19. The predicted octanol–water partition coefficient (Wildman–Crippen LogP) is 5.18. The number of ether oxygens (including phenoxy) is 2. The van der Waals surface area contributed by atoms with E-state index in [1.54, 1.807) is 19.5 Å². The van der Waals surface area contributed by atoms with Crippen LogP contribution in [-0.2, 0) is 6.42 Å². The Hall–Kier alpha value is -3.39. The van der Waals surface area contributed by atoms with Gasteiger partial charge >= 0.3 is 0 Å². The first-order valence-electron chi connectivity index (χ1n) is 10.2. The van der Waals surface area contributed by atoms with Crippen molar-refractivity contribution in [1.82, 2.24) is 19.9 Å². The van der Waals surface area contributed by atoms with E-state index in [9.17, 15) is 4.39 Å². The van der Waals surface area contributed by atoms with Crippen molar-refractivity contribution in [2.45, 2.75) is 20.3 Å². The van der Waals surface area contributed by atoms with E-state index in [0.717, 1.165) is 22.2 Å². The molecule has 2 aromatic carbocycles. The molecular weight excluding hydrogens is 433 g/mol. The molecule has 0 spiro atoms. The van der Waals surface area contributed by atoms with Crippen LogP contribution in [0.5, 0.6) is 11.5 Å². The largest absolute Gasteiger partial charge is 0.496 e. The van der Waals surface area contributed by atoms with Crippen molar-refractivity contribution >= 4 is 28.6 Å². The lowest BCUT2D eigenvalue weighted by molar-refractivity contribution is 0.321. The summed E-state index contributed by atoms with van der Waals surface area (Å²) >= 11 is 6.55. The van der Waals surface area contributed by atoms with Crippen LogP contribution in [0.2, 0.25) is 5.02 Å². The molecule has 0 saturated heterocycles. The van der Waals surface area contributed by atoms with Gasteiger partial charge < -0.3 is 19.8 Å². The van der Waals surface area contributed by atoms with E-state index in [0.29, 0.717) is 47.4 Å².